The third kappa shape index (κ3) is 3.19. The van der Waals surface area contributed by atoms with Crippen LogP contribution < -0.4 is 0 Å². The van der Waals surface area contributed by atoms with Crippen LogP contribution in [0.1, 0.15) is 59.3 Å². The minimum Gasteiger partial charge on any atom is -0.428 e. The van der Waals surface area contributed by atoms with Gasteiger partial charge in [-0.15, -0.1) is 0 Å². The molecular formula is C21H32O4. The number of methoxy groups -OCH3 is 1. The predicted octanol–water partition coefficient (Wildman–Crippen LogP) is 3.99. The smallest absolute Gasteiger partial charge is 0.339 e. The number of aliphatic hydroxyl groups is 1. The van der Waals surface area contributed by atoms with E-state index in [4.69, 9.17) is 9.47 Å². The molecule has 0 radical (unpaired) electrons. The number of allylic oxidation sites excluding steroid dienone is 1. The van der Waals surface area contributed by atoms with Crippen LogP contribution in [-0.4, -0.2) is 30.6 Å². The average Bonchev–Trinajstić information content (AvgIpc) is 2.91. The van der Waals surface area contributed by atoms with Gasteiger partial charge in [-0.25, -0.2) is 4.79 Å². The summed E-state index contributed by atoms with van der Waals surface area (Å²) in [6.45, 7) is 11.5. The second kappa shape index (κ2) is 6.55. The lowest BCUT2D eigenvalue weighted by atomic mass is 9.47. The summed E-state index contributed by atoms with van der Waals surface area (Å²) in [6, 6.07) is 0. The molecule has 0 aromatic carbocycles. The molecule has 1 heterocycles. The second-order valence-corrected chi connectivity index (χ2v) is 9.03. The normalized spacial score (nSPS) is 38.8. The van der Waals surface area contributed by atoms with Crippen LogP contribution in [-0.2, 0) is 14.3 Å². The van der Waals surface area contributed by atoms with Crippen molar-refractivity contribution in [1.29, 1.82) is 0 Å². The number of cyclic esters (lactones) is 1. The molecule has 0 aromatic heterocycles. The number of ether oxygens (including phenoxy) is 2. The Morgan fingerprint density at radius 3 is 2.76 bits per heavy atom. The third-order valence-corrected chi connectivity index (χ3v) is 7.14. The van der Waals surface area contributed by atoms with Gasteiger partial charge in [0.05, 0.1) is 11.7 Å². The van der Waals surface area contributed by atoms with Crippen molar-refractivity contribution in [3.63, 3.8) is 0 Å². The quantitative estimate of drug-likeness (QED) is 0.616. The topological polar surface area (TPSA) is 55.8 Å². The molecule has 1 N–H and O–H groups in total. The zero-order valence-corrected chi connectivity index (χ0v) is 16.0. The van der Waals surface area contributed by atoms with E-state index in [-0.39, 0.29) is 11.3 Å². The molecule has 3 aliphatic rings. The van der Waals surface area contributed by atoms with Gasteiger partial charge in [0.2, 0.25) is 6.29 Å². The minimum absolute atomic E-state index is 0.141. The number of carbonyl (C=O) groups excluding carboxylic acids is 1. The van der Waals surface area contributed by atoms with Gasteiger partial charge < -0.3 is 14.6 Å². The summed E-state index contributed by atoms with van der Waals surface area (Å²) < 4.78 is 10.1. The number of hydrogen-bond acceptors (Lipinski definition) is 4. The molecule has 4 heteroatoms. The fourth-order valence-corrected chi connectivity index (χ4v) is 5.85. The highest BCUT2D eigenvalue weighted by atomic mass is 16.7. The summed E-state index contributed by atoms with van der Waals surface area (Å²) in [5, 5.41) is 10.8. The Balaban J connectivity index is 1.82. The maximum absolute atomic E-state index is 12.0. The first-order valence-corrected chi connectivity index (χ1v) is 9.50. The maximum atomic E-state index is 12.0. The molecule has 5 atom stereocenters. The zero-order valence-electron chi connectivity index (χ0n) is 16.0. The minimum atomic E-state index is -0.824. The van der Waals surface area contributed by atoms with Crippen LogP contribution in [0.2, 0.25) is 0 Å². The first kappa shape index (κ1) is 18.7. The number of aliphatic hydroxyl groups excluding tert-OH is 1. The highest BCUT2D eigenvalue weighted by Gasteiger charge is 2.53. The van der Waals surface area contributed by atoms with Crippen LogP contribution in [0.3, 0.4) is 0 Å². The number of hydrogen-bond donors (Lipinski definition) is 1. The van der Waals surface area contributed by atoms with Crippen molar-refractivity contribution in [2.24, 2.45) is 22.7 Å². The number of esters is 1. The van der Waals surface area contributed by atoms with Crippen molar-refractivity contribution >= 4 is 5.97 Å². The van der Waals surface area contributed by atoms with Gasteiger partial charge in [0.15, 0.2) is 0 Å². The van der Waals surface area contributed by atoms with Gasteiger partial charge in [-0.1, -0.05) is 39.3 Å². The largest absolute Gasteiger partial charge is 0.428 e. The molecule has 0 bridgehead atoms. The Hall–Kier alpha value is -1.13. The molecule has 25 heavy (non-hydrogen) atoms. The van der Waals surface area contributed by atoms with Crippen LogP contribution in [0, 0.1) is 22.7 Å². The molecular weight excluding hydrogens is 316 g/mol. The van der Waals surface area contributed by atoms with Gasteiger partial charge >= 0.3 is 5.97 Å². The summed E-state index contributed by atoms with van der Waals surface area (Å²) in [5.41, 5.74) is 2.02. The van der Waals surface area contributed by atoms with Gasteiger partial charge in [0.25, 0.3) is 0 Å². The molecule has 140 valence electrons. The van der Waals surface area contributed by atoms with Crippen LogP contribution >= 0.6 is 0 Å². The van der Waals surface area contributed by atoms with Gasteiger partial charge in [0, 0.05) is 7.11 Å². The molecule has 0 unspecified atom stereocenters. The van der Waals surface area contributed by atoms with E-state index in [0.29, 0.717) is 23.3 Å². The highest BCUT2D eigenvalue weighted by molar-refractivity contribution is 5.91. The van der Waals surface area contributed by atoms with E-state index in [1.54, 1.807) is 6.08 Å². The Morgan fingerprint density at radius 1 is 1.40 bits per heavy atom. The Bertz CT molecular complexity index is 591. The van der Waals surface area contributed by atoms with E-state index in [9.17, 15) is 9.90 Å². The fraction of sp³-hybridized carbons (Fsp3) is 0.762. The van der Waals surface area contributed by atoms with Gasteiger partial charge in [-0.2, -0.15) is 0 Å². The molecule has 3 rings (SSSR count). The molecule has 0 aromatic rings. The van der Waals surface area contributed by atoms with Crippen LogP contribution in [0.4, 0.5) is 0 Å². The van der Waals surface area contributed by atoms with E-state index in [1.807, 2.05) is 0 Å². The van der Waals surface area contributed by atoms with Crippen molar-refractivity contribution in [2.75, 3.05) is 7.11 Å². The summed E-state index contributed by atoms with van der Waals surface area (Å²) >= 11 is 0. The molecule has 2 saturated carbocycles. The maximum Gasteiger partial charge on any atom is 0.339 e. The number of rotatable bonds is 4. The zero-order chi connectivity index (χ0) is 18.4. The molecule has 0 spiro atoms. The lowest BCUT2D eigenvalue weighted by Crippen LogP contribution is -2.50. The monoisotopic (exact) mass is 348 g/mol. The van der Waals surface area contributed by atoms with E-state index in [1.165, 1.54) is 38.4 Å². The first-order chi connectivity index (χ1) is 11.7. The van der Waals surface area contributed by atoms with Crippen LogP contribution in [0.5, 0.6) is 0 Å². The summed E-state index contributed by atoms with van der Waals surface area (Å²) in [6.07, 6.45) is 6.50. The Labute approximate surface area is 151 Å². The van der Waals surface area contributed by atoms with Gasteiger partial charge in [-0.05, 0) is 60.8 Å². The SMILES string of the molecule is C=C1CC[C@H]2C(C)(C)CCC[C@]2(C)[C@H]1C[C@H](O)C1=C[C@@H](OC)OC1=O. The fourth-order valence-electron chi connectivity index (χ4n) is 5.85. The molecule has 2 aliphatic carbocycles. The number of carbonyl (C=O) groups is 1. The Kier molecular flexibility index (Phi) is 4.89. The summed E-state index contributed by atoms with van der Waals surface area (Å²) in [5.74, 6) is 0.398. The average molecular weight is 348 g/mol. The Morgan fingerprint density at radius 2 is 2.12 bits per heavy atom. The van der Waals surface area contributed by atoms with Crippen molar-refractivity contribution in [1.82, 2.24) is 0 Å². The van der Waals surface area contributed by atoms with Crippen molar-refractivity contribution in [3.8, 4) is 0 Å². The molecule has 4 nitrogen and oxygen atoms in total. The molecule has 0 saturated heterocycles. The lowest BCUT2D eigenvalue weighted by molar-refractivity contribution is -0.155. The molecule has 2 fully saturated rings. The standard InChI is InChI=1S/C21H32O4/c1-13-7-8-17-20(2,3)9-6-10-21(17,4)15(13)12-16(22)14-11-18(24-5)25-19(14)23/h11,15-18,22H,1,6-10,12H2,2-5H3/t15-,16-,17-,18-,21+/m0/s1. The van der Waals surface area contributed by atoms with E-state index in [0.717, 1.165) is 6.42 Å². The second-order valence-electron chi connectivity index (χ2n) is 9.03. The highest BCUT2D eigenvalue weighted by Crippen LogP contribution is 2.61. The van der Waals surface area contributed by atoms with Crippen molar-refractivity contribution in [2.45, 2.75) is 71.7 Å². The third-order valence-electron chi connectivity index (χ3n) is 7.14. The van der Waals surface area contributed by atoms with Crippen molar-refractivity contribution in [3.05, 3.63) is 23.8 Å². The lowest BCUT2D eigenvalue weighted by Gasteiger charge is -2.58. The summed E-state index contributed by atoms with van der Waals surface area (Å²) in [4.78, 5) is 12.0. The number of fused-ring (bicyclic) bond motifs is 1. The summed E-state index contributed by atoms with van der Waals surface area (Å²) in [7, 11) is 1.49. The van der Waals surface area contributed by atoms with Gasteiger partial charge in [-0.3, -0.25) is 0 Å². The predicted molar refractivity (Wildman–Crippen MR) is 96.7 cm³/mol. The van der Waals surface area contributed by atoms with Crippen molar-refractivity contribution < 1.29 is 19.4 Å². The first-order valence-electron chi connectivity index (χ1n) is 9.50. The molecule has 0 amide bonds. The van der Waals surface area contributed by atoms with Gasteiger partial charge in [0.1, 0.15) is 0 Å². The van der Waals surface area contributed by atoms with E-state index in [2.05, 4.69) is 27.4 Å². The van der Waals surface area contributed by atoms with E-state index >= 15 is 0 Å². The van der Waals surface area contributed by atoms with Crippen LogP contribution in [0.15, 0.2) is 23.8 Å². The molecule has 1 aliphatic heterocycles. The van der Waals surface area contributed by atoms with E-state index < -0.39 is 18.4 Å². The van der Waals surface area contributed by atoms with Crippen LogP contribution in [0.25, 0.3) is 0 Å².